The molecule has 0 radical (unpaired) electrons. The Balaban J connectivity index is 1.15. The quantitative estimate of drug-likeness (QED) is 0.169. The zero-order chi connectivity index (χ0) is 36.6. The molecule has 55 heavy (non-hydrogen) atoms. The minimum absolute atomic E-state index is 0.598. The normalized spacial score (nSPS) is 11.6. The van der Waals surface area contributed by atoms with E-state index in [0.717, 1.165) is 71.8 Å². The summed E-state index contributed by atoms with van der Waals surface area (Å²) in [6, 6.07) is 63.8. The molecule has 0 unspecified atom stereocenters. The molecule has 5 heteroatoms. The first kappa shape index (κ1) is 30.7. The van der Waals surface area contributed by atoms with Crippen LogP contribution in [0.3, 0.4) is 0 Å². The van der Waals surface area contributed by atoms with Crippen molar-refractivity contribution < 1.29 is 0 Å². The first-order valence-corrected chi connectivity index (χ1v) is 18.3. The van der Waals surface area contributed by atoms with Crippen LogP contribution in [0.2, 0.25) is 0 Å². The van der Waals surface area contributed by atoms with E-state index in [1.165, 1.54) is 21.8 Å². The summed E-state index contributed by atoms with van der Waals surface area (Å²) in [5, 5.41) is 17.5. The summed E-state index contributed by atoms with van der Waals surface area (Å²) in [5.41, 5.74) is 12.6. The molecule has 0 aliphatic rings. The molecule has 0 bridgehead atoms. The van der Waals surface area contributed by atoms with Gasteiger partial charge in [0.15, 0.2) is 5.69 Å². The van der Waals surface area contributed by atoms with Crippen molar-refractivity contribution in [2.75, 3.05) is 0 Å². The van der Waals surface area contributed by atoms with E-state index in [1.54, 1.807) is 0 Å². The van der Waals surface area contributed by atoms with Crippen molar-refractivity contribution in [1.29, 1.82) is 5.26 Å². The zero-order valence-corrected chi connectivity index (χ0v) is 29.5. The average molecular weight is 700 g/mol. The number of hydrogen-bond donors (Lipinski definition) is 0. The maximum absolute atomic E-state index is 10.7. The number of hydrogen-bond acceptors (Lipinski definition) is 1. The third-order valence-corrected chi connectivity index (χ3v) is 11.1. The van der Waals surface area contributed by atoms with E-state index in [-0.39, 0.29) is 0 Å². The predicted molar refractivity (Wildman–Crippen MR) is 226 cm³/mol. The number of nitriles is 1. The molecule has 0 aliphatic heterocycles. The van der Waals surface area contributed by atoms with Crippen molar-refractivity contribution in [1.82, 2.24) is 13.7 Å². The smallest absolute Gasteiger partial charge is 0.188 e. The molecule has 11 aromatic rings. The minimum atomic E-state index is 0.598. The molecule has 0 fully saturated rings. The molecule has 0 N–H and O–H groups in total. The number of para-hydroxylation sites is 5. The second kappa shape index (κ2) is 11.8. The second-order valence-corrected chi connectivity index (χ2v) is 14.0. The molecule has 11 rings (SSSR count). The van der Waals surface area contributed by atoms with Gasteiger partial charge in [-0.1, -0.05) is 103 Å². The van der Waals surface area contributed by atoms with Gasteiger partial charge in [0, 0.05) is 43.9 Å². The highest BCUT2D eigenvalue weighted by atomic mass is 15.0. The van der Waals surface area contributed by atoms with Crippen LogP contribution in [0.25, 0.3) is 98.5 Å². The average Bonchev–Trinajstić information content (AvgIpc) is 3.88. The highest BCUT2D eigenvalue weighted by Gasteiger charge is 2.21. The van der Waals surface area contributed by atoms with E-state index in [0.29, 0.717) is 11.3 Å². The summed E-state index contributed by atoms with van der Waals surface area (Å²) in [6.45, 7) is 7.63. The monoisotopic (exact) mass is 699 g/mol. The Bertz CT molecular complexity index is 3420. The van der Waals surface area contributed by atoms with Gasteiger partial charge in [0.05, 0.1) is 50.9 Å². The first-order valence-electron chi connectivity index (χ1n) is 18.3. The Morgan fingerprint density at radius 3 is 1.53 bits per heavy atom. The Morgan fingerprint density at radius 2 is 0.909 bits per heavy atom. The van der Waals surface area contributed by atoms with Crippen molar-refractivity contribution in [3.8, 4) is 34.3 Å². The summed E-state index contributed by atoms with van der Waals surface area (Å²) in [5.74, 6) is 0. The van der Waals surface area contributed by atoms with Gasteiger partial charge in [-0.05, 0) is 83.7 Å². The Kier molecular flexibility index (Phi) is 6.61. The summed E-state index contributed by atoms with van der Waals surface area (Å²) < 4.78 is 6.90. The zero-order valence-electron chi connectivity index (χ0n) is 29.5. The molecule has 3 aromatic heterocycles. The van der Waals surface area contributed by atoms with Gasteiger partial charge in [-0.25, -0.2) is 4.85 Å². The van der Waals surface area contributed by atoms with Crippen molar-refractivity contribution in [2.24, 2.45) is 0 Å². The van der Waals surface area contributed by atoms with Crippen LogP contribution in [0.5, 0.6) is 0 Å². The summed E-state index contributed by atoms with van der Waals surface area (Å²) in [4.78, 5) is 3.71. The highest BCUT2D eigenvalue weighted by molar-refractivity contribution is 6.13. The van der Waals surface area contributed by atoms with Gasteiger partial charge in [-0.3, -0.25) is 0 Å². The molecule has 0 spiro atoms. The molecule has 8 aromatic carbocycles. The summed E-state index contributed by atoms with van der Waals surface area (Å²) in [7, 11) is 0. The number of fused-ring (bicyclic) bond motifs is 9. The Labute approximate surface area is 316 Å². The number of rotatable bonds is 4. The topological polar surface area (TPSA) is 42.9 Å². The molecule has 254 valence electrons. The summed E-state index contributed by atoms with van der Waals surface area (Å²) >= 11 is 0. The van der Waals surface area contributed by atoms with E-state index < -0.39 is 0 Å². The van der Waals surface area contributed by atoms with Gasteiger partial charge in [-0.2, -0.15) is 5.26 Å². The standard InChI is InChI=1S/C50H29N5/c1-52-34-24-26-48-42(29-34)40-17-4-8-22-46(40)53(48)35-14-10-12-32(28-35)37-19-11-13-33(31-51)50(37)55-47-23-9-5-18-41(47)43-30-36(25-27-49(43)55)54-44-20-6-2-15-38(44)39-16-3-7-21-45(39)54/h2-30H. The maximum Gasteiger partial charge on any atom is 0.188 e. The van der Waals surface area contributed by atoms with Crippen LogP contribution in [0.15, 0.2) is 176 Å². The fraction of sp³-hybridized carbons (Fsp3) is 0. The Morgan fingerprint density at radius 1 is 0.418 bits per heavy atom. The van der Waals surface area contributed by atoms with Gasteiger partial charge in [0.2, 0.25) is 0 Å². The van der Waals surface area contributed by atoms with Crippen LogP contribution < -0.4 is 0 Å². The molecule has 0 amide bonds. The van der Waals surface area contributed by atoms with E-state index >= 15 is 0 Å². The lowest BCUT2D eigenvalue weighted by Crippen LogP contribution is -2.02. The molecular formula is C50H29N5. The van der Waals surface area contributed by atoms with E-state index in [4.69, 9.17) is 6.57 Å². The fourth-order valence-electron chi connectivity index (χ4n) is 8.77. The van der Waals surface area contributed by atoms with Gasteiger partial charge >= 0.3 is 0 Å². The maximum atomic E-state index is 10.7. The van der Waals surface area contributed by atoms with Crippen LogP contribution in [0.1, 0.15) is 5.56 Å². The minimum Gasteiger partial charge on any atom is -0.309 e. The number of nitrogens with zero attached hydrogens (tertiary/aromatic N) is 5. The van der Waals surface area contributed by atoms with Crippen LogP contribution in [-0.4, -0.2) is 13.7 Å². The SMILES string of the molecule is [C-]#[N+]c1ccc2c(c1)c1ccccc1n2-c1cccc(-c2cccc(C#N)c2-n2c3ccccc3c3cc(-n4c5ccccc5c5ccccc54)ccc32)c1. The van der Waals surface area contributed by atoms with Crippen molar-refractivity contribution in [3.63, 3.8) is 0 Å². The highest BCUT2D eigenvalue weighted by Crippen LogP contribution is 2.41. The lowest BCUT2D eigenvalue weighted by Gasteiger charge is -2.17. The van der Waals surface area contributed by atoms with Crippen LogP contribution in [0, 0.1) is 17.9 Å². The van der Waals surface area contributed by atoms with Gasteiger partial charge < -0.3 is 13.7 Å². The van der Waals surface area contributed by atoms with Gasteiger partial charge in [-0.15, -0.1) is 0 Å². The van der Waals surface area contributed by atoms with Crippen LogP contribution in [-0.2, 0) is 0 Å². The third-order valence-electron chi connectivity index (χ3n) is 11.1. The van der Waals surface area contributed by atoms with E-state index in [2.05, 4.69) is 164 Å². The molecule has 0 atom stereocenters. The predicted octanol–water partition coefficient (Wildman–Crippen LogP) is 13.1. The first-order chi connectivity index (χ1) is 27.2. The number of aromatic nitrogens is 3. The largest absolute Gasteiger partial charge is 0.309 e. The molecule has 0 aliphatic carbocycles. The molecule has 5 nitrogen and oxygen atoms in total. The lowest BCUT2D eigenvalue weighted by atomic mass is 9.99. The summed E-state index contributed by atoms with van der Waals surface area (Å²) in [6.07, 6.45) is 0. The lowest BCUT2D eigenvalue weighted by molar-refractivity contribution is 1.15. The Hall–Kier alpha value is -7.86. The van der Waals surface area contributed by atoms with Crippen LogP contribution >= 0.6 is 0 Å². The number of benzene rings is 8. The molecule has 0 saturated carbocycles. The van der Waals surface area contributed by atoms with E-state index in [1.807, 2.05) is 36.4 Å². The van der Waals surface area contributed by atoms with Crippen molar-refractivity contribution in [3.05, 3.63) is 193 Å². The third kappa shape index (κ3) is 4.45. The molecule has 0 saturated heterocycles. The van der Waals surface area contributed by atoms with Crippen molar-refractivity contribution in [2.45, 2.75) is 0 Å². The second-order valence-electron chi connectivity index (χ2n) is 14.0. The fourth-order valence-corrected chi connectivity index (χ4v) is 8.77. The van der Waals surface area contributed by atoms with Crippen molar-refractivity contribution >= 4 is 71.1 Å². The molecule has 3 heterocycles. The van der Waals surface area contributed by atoms with E-state index in [9.17, 15) is 5.26 Å². The van der Waals surface area contributed by atoms with Crippen LogP contribution in [0.4, 0.5) is 5.69 Å². The van der Waals surface area contributed by atoms with Gasteiger partial charge in [0.1, 0.15) is 6.07 Å². The van der Waals surface area contributed by atoms with Gasteiger partial charge in [0.25, 0.3) is 0 Å². The molecular weight excluding hydrogens is 671 g/mol.